The van der Waals surface area contributed by atoms with Crippen molar-refractivity contribution in [2.45, 2.75) is 150 Å². The Balaban J connectivity index is 1.64. The van der Waals surface area contributed by atoms with Crippen molar-refractivity contribution in [3.05, 3.63) is 57.6 Å². The highest BCUT2D eigenvalue weighted by Gasteiger charge is 2.32. The van der Waals surface area contributed by atoms with Gasteiger partial charge >= 0.3 is 0 Å². The minimum absolute atomic E-state index is 0.184. The van der Waals surface area contributed by atoms with Crippen LogP contribution in [0.4, 0.5) is 0 Å². The lowest BCUT2D eigenvalue weighted by atomic mass is 9.73. The van der Waals surface area contributed by atoms with E-state index in [1.165, 1.54) is 33.4 Å². The van der Waals surface area contributed by atoms with E-state index < -0.39 is 0 Å². The Hall–Kier alpha value is -2.04. The minimum atomic E-state index is -0.184. The molecule has 2 aromatic rings. The van der Waals surface area contributed by atoms with Crippen LogP contribution in [0, 0.1) is 11.8 Å². The van der Waals surface area contributed by atoms with Gasteiger partial charge < -0.3 is 18.9 Å². The maximum atomic E-state index is 6.65. The van der Waals surface area contributed by atoms with Gasteiger partial charge in [-0.05, 0) is 94.6 Å². The van der Waals surface area contributed by atoms with E-state index in [9.17, 15) is 0 Å². The van der Waals surface area contributed by atoms with Crippen molar-refractivity contribution in [1.29, 1.82) is 0 Å². The molecule has 0 radical (unpaired) electrons. The van der Waals surface area contributed by atoms with E-state index in [0.29, 0.717) is 47.7 Å². The van der Waals surface area contributed by atoms with Crippen molar-refractivity contribution >= 4 is 0 Å². The molecule has 2 aliphatic rings. The number of ether oxygens (including phenoxy) is 4. The first-order valence-electron chi connectivity index (χ1n) is 18.1. The van der Waals surface area contributed by atoms with Crippen LogP contribution < -0.4 is 9.47 Å². The fourth-order valence-electron chi connectivity index (χ4n) is 6.59. The molecule has 2 aliphatic heterocycles. The summed E-state index contributed by atoms with van der Waals surface area (Å²) in [6.07, 6.45) is 5.34. The first kappa shape index (κ1) is 35.8. The monoisotopic (exact) mass is 620 g/mol. The molecule has 0 N–H and O–H groups in total. The molecule has 0 aromatic heterocycles. The summed E-state index contributed by atoms with van der Waals surface area (Å²) < 4.78 is 24.3. The van der Waals surface area contributed by atoms with Gasteiger partial charge in [0.25, 0.3) is 0 Å². The molecule has 0 aliphatic carbocycles. The molecular weight excluding hydrogens is 556 g/mol. The van der Waals surface area contributed by atoms with Crippen LogP contribution in [0.3, 0.4) is 0 Å². The summed E-state index contributed by atoms with van der Waals surface area (Å²) in [4.78, 5) is 0. The van der Waals surface area contributed by atoms with Crippen molar-refractivity contribution in [3.8, 4) is 11.5 Å². The van der Waals surface area contributed by atoms with Crippen LogP contribution >= 0.6 is 0 Å². The fourth-order valence-corrected chi connectivity index (χ4v) is 6.59. The van der Waals surface area contributed by atoms with Crippen molar-refractivity contribution < 1.29 is 18.9 Å². The minimum Gasteiger partial charge on any atom is -0.493 e. The summed E-state index contributed by atoms with van der Waals surface area (Å²) in [5, 5.41) is 0. The van der Waals surface area contributed by atoms with E-state index >= 15 is 0 Å². The van der Waals surface area contributed by atoms with Crippen LogP contribution in [0.5, 0.6) is 11.5 Å². The Morgan fingerprint density at radius 2 is 0.867 bits per heavy atom. The van der Waals surface area contributed by atoms with E-state index in [1.807, 2.05) is 0 Å². The molecule has 0 spiro atoms. The van der Waals surface area contributed by atoms with Gasteiger partial charge in [0.15, 0.2) is 0 Å². The number of hydrogen-bond donors (Lipinski definition) is 0. The molecule has 4 atom stereocenters. The fraction of sp³-hybridized carbons (Fsp3) is 0.707. The van der Waals surface area contributed by atoms with Gasteiger partial charge in [0.05, 0.1) is 38.6 Å². The highest BCUT2D eigenvalue weighted by Crippen LogP contribution is 2.45. The molecule has 4 nitrogen and oxygen atoms in total. The lowest BCUT2D eigenvalue weighted by Crippen LogP contribution is -2.22. The first-order chi connectivity index (χ1) is 21.2. The molecule has 4 heteroatoms. The summed E-state index contributed by atoms with van der Waals surface area (Å²) in [5.41, 5.74) is 7.82. The van der Waals surface area contributed by atoms with Crippen LogP contribution in [0.2, 0.25) is 0 Å². The predicted molar refractivity (Wildman–Crippen MR) is 189 cm³/mol. The van der Waals surface area contributed by atoms with Gasteiger partial charge in [0.1, 0.15) is 11.5 Å². The van der Waals surface area contributed by atoms with Crippen LogP contribution in [-0.4, -0.2) is 38.6 Å². The zero-order valence-corrected chi connectivity index (χ0v) is 30.7. The number of benzene rings is 2. The van der Waals surface area contributed by atoms with E-state index in [2.05, 4.69) is 107 Å². The van der Waals surface area contributed by atoms with E-state index in [-0.39, 0.29) is 5.41 Å². The number of hydrogen-bond acceptors (Lipinski definition) is 4. The van der Waals surface area contributed by atoms with Crippen molar-refractivity contribution in [2.75, 3.05) is 26.4 Å². The standard InChI is InChI=1S/C41H64O4/c1-25(2)33-19-31(20-34(26(3)4)39(33)42-17-13-15-29(9)37-23-44-37)41(11,12)32-21-35(27(5)6)40(36(22-32)28(7)8)43-18-14-16-30(10)38-24-45-38/h19-22,25-30,37-38H,13-18,23-24H2,1-12H3. The Kier molecular flexibility index (Phi) is 12.1. The van der Waals surface area contributed by atoms with Gasteiger partial charge in [-0.25, -0.2) is 0 Å². The summed E-state index contributed by atoms with van der Waals surface area (Å²) >= 11 is 0. The zero-order chi connectivity index (χ0) is 33.1. The lowest BCUT2D eigenvalue weighted by Gasteiger charge is -2.32. The van der Waals surface area contributed by atoms with Crippen molar-refractivity contribution in [1.82, 2.24) is 0 Å². The summed E-state index contributed by atoms with van der Waals surface area (Å²) in [5.74, 6) is 4.91. The SMILES string of the molecule is CC(C)c1cc(C(C)(C)c2cc(C(C)C)c(OCCCC(C)C3CO3)c(C(C)C)c2)cc(C(C)C)c1OCCCC(C)C1CO1. The smallest absolute Gasteiger partial charge is 0.126 e. The average molecular weight is 621 g/mol. The molecule has 4 rings (SSSR count). The Morgan fingerprint density at radius 3 is 1.11 bits per heavy atom. The summed E-state index contributed by atoms with van der Waals surface area (Å²) in [7, 11) is 0. The van der Waals surface area contributed by atoms with Crippen LogP contribution in [-0.2, 0) is 14.9 Å². The molecule has 0 bridgehead atoms. The molecule has 0 amide bonds. The van der Waals surface area contributed by atoms with E-state index in [4.69, 9.17) is 18.9 Å². The second-order valence-corrected chi connectivity index (χ2v) is 15.9. The topological polar surface area (TPSA) is 43.5 Å². The van der Waals surface area contributed by atoms with Gasteiger partial charge in [-0.1, -0.05) is 107 Å². The third kappa shape index (κ3) is 9.07. The van der Waals surface area contributed by atoms with Crippen molar-refractivity contribution in [3.63, 3.8) is 0 Å². The quantitative estimate of drug-likeness (QED) is 0.123. The highest BCUT2D eigenvalue weighted by atomic mass is 16.6. The molecule has 45 heavy (non-hydrogen) atoms. The van der Waals surface area contributed by atoms with Crippen molar-refractivity contribution in [2.24, 2.45) is 11.8 Å². The molecule has 2 saturated heterocycles. The Labute approximate surface area is 276 Å². The predicted octanol–water partition coefficient (Wildman–Crippen LogP) is 10.9. The Morgan fingerprint density at radius 1 is 0.578 bits per heavy atom. The molecular formula is C41H64O4. The van der Waals surface area contributed by atoms with Gasteiger partial charge in [0, 0.05) is 5.41 Å². The first-order valence-corrected chi connectivity index (χ1v) is 18.1. The average Bonchev–Trinajstić information content (AvgIpc) is 3.89. The number of epoxide rings is 2. The van der Waals surface area contributed by atoms with Crippen LogP contribution in [0.1, 0.15) is 166 Å². The second-order valence-electron chi connectivity index (χ2n) is 15.9. The number of rotatable bonds is 18. The third-order valence-electron chi connectivity index (χ3n) is 10.3. The maximum Gasteiger partial charge on any atom is 0.126 e. The molecule has 2 aromatic carbocycles. The lowest BCUT2D eigenvalue weighted by molar-refractivity contribution is 0.270. The van der Waals surface area contributed by atoms with Gasteiger partial charge in [-0.3, -0.25) is 0 Å². The second kappa shape index (κ2) is 15.2. The molecule has 2 heterocycles. The van der Waals surface area contributed by atoms with Crippen LogP contribution in [0.25, 0.3) is 0 Å². The molecule has 4 unspecified atom stereocenters. The van der Waals surface area contributed by atoms with E-state index in [1.54, 1.807) is 0 Å². The molecule has 2 fully saturated rings. The third-order valence-corrected chi connectivity index (χ3v) is 10.3. The Bertz CT molecular complexity index is 1090. The zero-order valence-electron chi connectivity index (χ0n) is 30.7. The van der Waals surface area contributed by atoms with E-state index in [0.717, 1.165) is 63.6 Å². The summed E-state index contributed by atoms with van der Waals surface area (Å²) in [6.45, 7) is 31.1. The van der Waals surface area contributed by atoms with Gasteiger partial charge in [-0.2, -0.15) is 0 Å². The van der Waals surface area contributed by atoms with Crippen LogP contribution in [0.15, 0.2) is 24.3 Å². The highest BCUT2D eigenvalue weighted by molar-refractivity contribution is 5.55. The normalized spacial score (nSPS) is 19.5. The maximum absolute atomic E-state index is 6.65. The largest absolute Gasteiger partial charge is 0.493 e. The summed E-state index contributed by atoms with van der Waals surface area (Å²) in [6, 6.07) is 9.75. The molecule has 252 valence electrons. The van der Waals surface area contributed by atoms with Gasteiger partial charge in [-0.15, -0.1) is 0 Å². The molecule has 0 saturated carbocycles. The van der Waals surface area contributed by atoms with Gasteiger partial charge in [0.2, 0.25) is 0 Å².